The molecule has 0 amide bonds. The SMILES string of the molecule is COc1ccccc1-c1coc2cc(OC(=O)c3ccc(C(C)(C)C)cc3)ccc2c1=O. The summed E-state index contributed by atoms with van der Waals surface area (Å²) in [4.78, 5) is 25.6. The van der Waals surface area contributed by atoms with Crippen LogP contribution in [0.3, 0.4) is 0 Å². The van der Waals surface area contributed by atoms with Gasteiger partial charge in [-0.2, -0.15) is 0 Å². The molecule has 0 fully saturated rings. The van der Waals surface area contributed by atoms with Gasteiger partial charge in [0.25, 0.3) is 0 Å². The fraction of sp³-hybridized carbons (Fsp3) is 0.185. The fourth-order valence-corrected chi connectivity index (χ4v) is 3.50. The Balaban J connectivity index is 1.62. The van der Waals surface area contributed by atoms with Crippen molar-refractivity contribution in [3.8, 4) is 22.6 Å². The monoisotopic (exact) mass is 428 g/mol. The number of rotatable bonds is 4. The fourth-order valence-electron chi connectivity index (χ4n) is 3.50. The van der Waals surface area contributed by atoms with Crippen LogP contribution in [0, 0.1) is 0 Å². The van der Waals surface area contributed by atoms with Crippen LogP contribution in [0.2, 0.25) is 0 Å². The molecule has 4 aromatic rings. The average molecular weight is 428 g/mol. The molecule has 5 heteroatoms. The Morgan fingerprint density at radius 3 is 2.31 bits per heavy atom. The number of carbonyl (C=O) groups excluding carboxylic acids is 1. The zero-order chi connectivity index (χ0) is 22.9. The molecule has 0 saturated carbocycles. The van der Waals surface area contributed by atoms with Crippen molar-refractivity contribution in [1.29, 1.82) is 0 Å². The van der Waals surface area contributed by atoms with E-state index in [4.69, 9.17) is 13.9 Å². The third-order valence-corrected chi connectivity index (χ3v) is 5.34. The number of methoxy groups -OCH3 is 1. The summed E-state index contributed by atoms with van der Waals surface area (Å²) in [7, 11) is 1.55. The van der Waals surface area contributed by atoms with Crippen molar-refractivity contribution in [3.05, 3.63) is 94.3 Å². The molecule has 0 radical (unpaired) electrons. The number of ether oxygens (including phenoxy) is 2. The smallest absolute Gasteiger partial charge is 0.343 e. The largest absolute Gasteiger partial charge is 0.496 e. The zero-order valence-corrected chi connectivity index (χ0v) is 18.5. The van der Waals surface area contributed by atoms with Crippen LogP contribution in [-0.2, 0) is 5.41 Å². The standard InChI is InChI=1S/C27H24O5/c1-27(2,3)18-11-9-17(10-12-18)26(29)32-19-13-14-21-24(15-19)31-16-22(25(21)28)20-7-5-6-8-23(20)30-4/h5-16H,1-4H3. The molecular weight excluding hydrogens is 404 g/mol. The lowest BCUT2D eigenvalue weighted by Crippen LogP contribution is -2.13. The highest BCUT2D eigenvalue weighted by Crippen LogP contribution is 2.29. The van der Waals surface area contributed by atoms with E-state index in [0.717, 1.165) is 5.56 Å². The number of fused-ring (bicyclic) bond motifs is 1. The van der Waals surface area contributed by atoms with Crippen LogP contribution in [0.1, 0.15) is 36.7 Å². The first kappa shape index (κ1) is 21.4. The van der Waals surface area contributed by atoms with Crippen LogP contribution in [-0.4, -0.2) is 13.1 Å². The second kappa shape index (κ2) is 8.35. The highest BCUT2D eigenvalue weighted by Gasteiger charge is 2.17. The maximum atomic E-state index is 13.0. The van der Waals surface area contributed by atoms with Gasteiger partial charge in [0.15, 0.2) is 0 Å². The molecule has 0 unspecified atom stereocenters. The molecule has 3 aromatic carbocycles. The summed E-state index contributed by atoms with van der Waals surface area (Å²) in [6, 6.07) is 19.4. The van der Waals surface area contributed by atoms with Gasteiger partial charge in [-0.1, -0.05) is 51.1 Å². The van der Waals surface area contributed by atoms with Gasteiger partial charge < -0.3 is 13.9 Å². The Labute approximate surface area is 186 Å². The number of hydrogen-bond donors (Lipinski definition) is 0. The maximum absolute atomic E-state index is 13.0. The molecule has 4 rings (SSSR count). The number of esters is 1. The highest BCUT2D eigenvalue weighted by atomic mass is 16.5. The van der Waals surface area contributed by atoms with Crippen LogP contribution in [0.25, 0.3) is 22.1 Å². The van der Waals surface area contributed by atoms with Gasteiger partial charge in [-0.3, -0.25) is 4.79 Å². The lowest BCUT2D eigenvalue weighted by atomic mass is 9.87. The summed E-state index contributed by atoms with van der Waals surface area (Å²) in [5.74, 6) is 0.413. The molecule has 0 bridgehead atoms. The molecule has 0 aliphatic heterocycles. The van der Waals surface area contributed by atoms with Crippen LogP contribution >= 0.6 is 0 Å². The van der Waals surface area contributed by atoms with Gasteiger partial charge in [0.2, 0.25) is 5.43 Å². The lowest BCUT2D eigenvalue weighted by Gasteiger charge is -2.18. The molecule has 0 saturated heterocycles. The van der Waals surface area contributed by atoms with Crippen molar-refractivity contribution in [2.75, 3.05) is 7.11 Å². The first-order valence-electron chi connectivity index (χ1n) is 10.3. The van der Waals surface area contributed by atoms with Crippen molar-refractivity contribution in [2.45, 2.75) is 26.2 Å². The van der Waals surface area contributed by atoms with Crippen LogP contribution in [0.15, 0.2) is 82.2 Å². The number of para-hydroxylation sites is 1. The summed E-state index contributed by atoms with van der Waals surface area (Å²) >= 11 is 0. The molecule has 0 N–H and O–H groups in total. The highest BCUT2D eigenvalue weighted by molar-refractivity contribution is 5.92. The third kappa shape index (κ3) is 4.14. The van der Waals surface area contributed by atoms with Gasteiger partial charge in [0.05, 0.1) is 23.6 Å². The van der Waals surface area contributed by atoms with Gasteiger partial charge in [-0.25, -0.2) is 4.79 Å². The predicted octanol–water partition coefficient (Wildman–Crippen LogP) is 5.99. The molecule has 0 aliphatic carbocycles. The molecule has 5 nitrogen and oxygen atoms in total. The van der Waals surface area contributed by atoms with E-state index in [-0.39, 0.29) is 10.8 Å². The minimum atomic E-state index is -0.474. The Morgan fingerprint density at radius 2 is 1.62 bits per heavy atom. The van der Waals surface area contributed by atoms with Gasteiger partial charge in [0.1, 0.15) is 23.3 Å². The Kier molecular flexibility index (Phi) is 5.57. The number of carbonyl (C=O) groups is 1. The van der Waals surface area contributed by atoms with Crippen LogP contribution < -0.4 is 14.9 Å². The van der Waals surface area contributed by atoms with Gasteiger partial charge in [-0.05, 0) is 41.3 Å². The molecule has 1 heterocycles. The van der Waals surface area contributed by atoms with E-state index in [9.17, 15) is 9.59 Å². The van der Waals surface area contributed by atoms with Crippen LogP contribution in [0.5, 0.6) is 11.5 Å². The quantitative estimate of drug-likeness (QED) is 0.295. The van der Waals surface area contributed by atoms with Crippen molar-refractivity contribution in [2.24, 2.45) is 0 Å². The maximum Gasteiger partial charge on any atom is 0.343 e. The molecule has 162 valence electrons. The van der Waals surface area contributed by atoms with Crippen molar-refractivity contribution < 1.29 is 18.7 Å². The summed E-state index contributed by atoms with van der Waals surface area (Å²) in [5.41, 5.74) is 2.78. The minimum Gasteiger partial charge on any atom is -0.496 e. The third-order valence-electron chi connectivity index (χ3n) is 5.34. The molecule has 32 heavy (non-hydrogen) atoms. The normalized spacial score (nSPS) is 11.4. The van der Waals surface area contributed by atoms with E-state index in [2.05, 4.69) is 20.8 Å². The van der Waals surface area contributed by atoms with E-state index in [0.29, 0.717) is 39.2 Å². The predicted molar refractivity (Wildman–Crippen MR) is 125 cm³/mol. The summed E-state index contributed by atoms with van der Waals surface area (Å²) < 4.78 is 16.6. The summed E-state index contributed by atoms with van der Waals surface area (Å²) in [5, 5.41) is 0.391. The van der Waals surface area contributed by atoms with Crippen LogP contribution in [0.4, 0.5) is 0 Å². The summed E-state index contributed by atoms with van der Waals surface area (Å²) in [6.07, 6.45) is 1.40. The minimum absolute atomic E-state index is 0.000936. The van der Waals surface area contributed by atoms with E-state index < -0.39 is 5.97 Å². The van der Waals surface area contributed by atoms with Gasteiger partial charge in [0, 0.05) is 11.6 Å². The van der Waals surface area contributed by atoms with E-state index in [1.54, 1.807) is 49.6 Å². The topological polar surface area (TPSA) is 65.7 Å². The molecular formula is C27H24O5. The van der Waals surface area contributed by atoms with E-state index in [1.807, 2.05) is 24.3 Å². The number of hydrogen-bond acceptors (Lipinski definition) is 5. The van der Waals surface area contributed by atoms with E-state index >= 15 is 0 Å². The first-order valence-corrected chi connectivity index (χ1v) is 10.3. The molecule has 0 aliphatic rings. The zero-order valence-electron chi connectivity index (χ0n) is 18.5. The second-order valence-corrected chi connectivity index (χ2v) is 8.55. The average Bonchev–Trinajstić information content (AvgIpc) is 2.79. The molecule has 0 spiro atoms. The Bertz CT molecular complexity index is 1340. The molecule has 0 atom stereocenters. The van der Waals surface area contributed by atoms with E-state index in [1.165, 1.54) is 6.26 Å². The van der Waals surface area contributed by atoms with Crippen molar-refractivity contribution in [1.82, 2.24) is 0 Å². The second-order valence-electron chi connectivity index (χ2n) is 8.55. The summed E-state index contributed by atoms with van der Waals surface area (Å²) in [6.45, 7) is 6.34. The van der Waals surface area contributed by atoms with Crippen molar-refractivity contribution in [3.63, 3.8) is 0 Å². The first-order chi connectivity index (χ1) is 15.3. The number of benzene rings is 3. The van der Waals surface area contributed by atoms with Crippen molar-refractivity contribution >= 4 is 16.9 Å². The Morgan fingerprint density at radius 1 is 0.906 bits per heavy atom. The van der Waals surface area contributed by atoms with Gasteiger partial charge >= 0.3 is 5.97 Å². The molecule has 1 aromatic heterocycles. The Hall–Kier alpha value is -3.86. The van der Waals surface area contributed by atoms with Gasteiger partial charge in [-0.15, -0.1) is 0 Å². The lowest BCUT2D eigenvalue weighted by molar-refractivity contribution is 0.0735.